The Morgan fingerprint density at radius 3 is 2.58 bits per heavy atom. The van der Waals surface area contributed by atoms with Crippen molar-refractivity contribution in [2.75, 3.05) is 13.7 Å². The zero-order chi connectivity index (χ0) is 17.9. The van der Waals surface area contributed by atoms with E-state index in [1.54, 1.807) is 19.1 Å². The van der Waals surface area contributed by atoms with Crippen molar-refractivity contribution in [2.45, 2.75) is 20.1 Å². The summed E-state index contributed by atoms with van der Waals surface area (Å²) in [6.07, 6.45) is 8.81. The molecule has 0 atom stereocenters. The second-order valence-corrected chi connectivity index (χ2v) is 4.48. The first-order valence-corrected chi connectivity index (χ1v) is 7.16. The molecule has 7 nitrogen and oxygen atoms in total. The molecule has 2 N–H and O–H groups in total. The molecule has 1 aromatic heterocycles. The van der Waals surface area contributed by atoms with Gasteiger partial charge in [-0.1, -0.05) is 24.3 Å². The van der Waals surface area contributed by atoms with Gasteiger partial charge in [-0.05, 0) is 13.0 Å². The smallest absolute Gasteiger partial charge is 0.346 e. The molecule has 1 rings (SSSR count). The molecular formula is C17H20O7. The minimum atomic E-state index is -0.758. The molecule has 0 aromatic carbocycles. The van der Waals surface area contributed by atoms with Gasteiger partial charge in [0, 0.05) is 6.08 Å². The molecule has 7 heteroatoms. The molecule has 0 aliphatic carbocycles. The molecule has 0 saturated heterocycles. The molecule has 0 saturated carbocycles. The fraction of sp³-hybridized carbons (Fsp3) is 0.294. The third-order valence-electron chi connectivity index (χ3n) is 2.93. The van der Waals surface area contributed by atoms with Crippen LogP contribution in [0.4, 0.5) is 0 Å². The van der Waals surface area contributed by atoms with Crippen LogP contribution in [0.5, 0.6) is 5.75 Å². The Balaban J connectivity index is 3.13. The van der Waals surface area contributed by atoms with Gasteiger partial charge in [-0.15, -0.1) is 0 Å². The lowest BCUT2D eigenvalue weighted by atomic mass is 10.1. The largest absolute Gasteiger partial charge is 0.496 e. The molecule has 0 fully saturated rings. The summed E-state index contributed by atoms with van der Waals surface area (Å²) in [7, 11) is 1.32. The Kier molecular flexibility index (Phi) is 8.24. The summed E-state index contributed by atoms with van der Waals surface area (Å²) in [5.74, 6) is -0.489. The van der Waals surface area contributed by atoms with E-state index < -0.39 is 18.2 Å². The molecule has 0 unspecified atom stereocenters. The average Bonchev–Trinajstić information content (AvgIpc) is 2.58. The minimum absolute atomic E-state index is 0.0181. The number of allylic oxidation sites excluding steroid dienone is 3. The number of hydrogen-bond acceptors (Lipinski definition) is 7. The molecule has 1 aromatic rings. The van der Waals surface area contributed by atoms with Crippen molar-refractivity contribution in [3.05, 3.63) is 57.7 Å². The maximum Gasteiger partial charge on any atom is 0.346 e. The number of carbonyl (C=O) groups is 1. The van der Waals surface area contributed by atoms with E-state index in [-0.39, 0.29) is 35.9 Å². The van der Waals surface area contributed by atoms with E-state index in [0.717, 1.165) is 0 Å². The number of ether oxygens (including phenoxy) is 2. The summed E-state index contributed by atoms with van der Waals surface area (Å²) in [5.41, 5.74) is -0.556. The molecule has 0 aliphatic rings. The lowest BCUT2D eigenvalue weighted by Gasteiger charge is -2.12. The molecule has 1 heterocycles. The average molecular weight is 336 g/mol. The van der Waals surface area contributed by atoms with E-state index in [1.807, 2.05) is 0 Å². The van der Waals surface area contributed by atoms with Gasteiger partial charge in [0.2, 0.25) is 0 Å². The number of carbonyl (C=O) groups excluding carboxylic acids is 1. The van der Waals surface area contributed by atoms with Crippen molar-refractivity contribution < 1.29 is 28.9 Å². The quantitative estimate of drug-likeness (QED) is 0.419. The lowest BCUT2D eigenvalue weighted by molar-refractivity contribution is -0.139. The van der Waals surface area contributed by atoms with Gasteiger partial charge in [-0.25, -0.2) is 9.59 Å². The van der Waals surface area contributed by atoms with Crippen LogP contribution < -0.4 is 10.4 Å². The number of hydrogen-bond donors (Lipinski definition) is 2. The Bertz CT molecular complexity index is 696. The fourth-order valence-electron chi connectivity index (χ4n) is 1.86. The second kappa shape index (κ2) is 10.2. The molecule has 0 radical (unpaired) electrons. The van der Waals surface area contributed by atoms with Gasteiger partial charge in [-0.2, -0.15) is 0 Å². The van der Waals surface area contributed by atoms with Crippen molar-refractivity contribution >= 4 is 12.0 Å². The highest BCUT2D eigenvalue weighted by atomic mass is 16.5. The first-order valence-electron chi connectivity index (χ1n) is 7.16. The third-order valence-corrected chi connectivity index (χ3v) is 2.93. The van der Waals surface area contributed by atoms with E-state index in [1.165, 1.54) is 31.4 Å². The van der Waals surface area contributed by atoms with Crippen molar-refractivity contribution in [1.82, 2.24) is 0 Å². The van der Waals surface area contributed by atoms with Crippen LogP contribution in [0.3, 0.4) is 0 Å². The van der Waals surface area contributed by atoms with Crippen LogP contribution in [-0.2, 0) is 22.7 Å². The van der Waals surface area contributed by atoms with Crippen LogP contribution in [0, 0.1) is 0 Å². The van der Waals surface area contributed by atoms with E-state index in [9.17, 15) is 14.7 Å². The van der Waals surface area contributed by atoms with Crippen molar-refractivity contribution in [3.63, 3.8) is 0 Å². The van der Waals surface area contributed by atoms with Gasteiger partial charge in [0.1, 0.15) is 23.7 Å². The second-order valence-electron chi connectivity index (χ2n) is 4.48. The first kappa shape index (κ1) is 19.4. The van der Waals surface area contributed by atoms with Gasteiger partial charge >= 0.3 is 11.6 Å². The number of aliphatic hydroxyl groups excluding tert-OH is 2. The minimum Gasteiger partial charge on any atom is -0.496 e. The maximum absolute atomic E-state index is 12.1. The normalized spacial score (nSPS) is 11.7. The van der Waals surface area contributed by atoms with Crippen LogP contribution in [0.15, 0.2) is 39.6 Å². The standard InChI is InChI=1S/C17H20O7/c1-3-4-5-8-15(20)23-11-13-16(22-2)12(10-19)14(7-6-9-18)24-17(13)21/h3-8,18-19H,9-11H2,1-2H3/b4-3+,7-6+,8-5-. The molecule has 24 heavy (non-hydrogen) atoms. The highest BCUT2D eigenvalue weighted by Crippen LogP contribution is 2.26. The van der Waals surface area contributed by atoms with Crippen LogP contribution >= 0.6 is 0 Å². The monoisotopic (exact) mass is 336 g/mol. The molecular weight excluding hydrogens is 316 g/mol. The topological polar surface area (TPSA) is 106 Å². The molecule has 0 spiro atoms. The first-order chi connectivity index (χ1) is 11.6. The lowest BCUT2D eigenvalue weighted by Crippen LogP contribution is -2.16. The zero-order valence-electron chi connectivity index (χ0n) is 13.5. The predicted molar refractivity (Wildman–Crippen MR) is 87.3 cm³/mol. The highest BCUT2D eigenvalue weighted by molar-refractivity contribution is 5.82. The Morgan fingerprint density at radius 1 is 1.25 bits per heavy atom. The van der Waals surface area contributed by atoms with Gasteiger partial charge in [0.25, 0.3) is 0 Å². The summed E-state index contributed by atoms with van der Waals surface area (Å²) >= 11 is 0. The van der Waals surface area contributed by atoms with Gasteiger partial charge in [0.05, 0.1) is 25.9 Å². The van der Waals surface area contributed by atoms with Crippen LogP contribution in [0.25, 0.3) is 6.08 Å². The number of rotatable bonds is 8. The molecule has 0 amide bonds. The SMILES string of the molecule is C/C=C/C=C\C(=O)OCc1c(OC)c(CO)c(/C=C/CO)oc1=O. The van der Waals surface area contributed by atoms with Gasteiger partial charge in [0.15, 0.2) is 0 Å². The molecule has 0 aliphatic heterocycles. The summed E-state index contributed by atoms with van der Waals surface area (Å²) in [6.45, 7) is 0.728. The fourth-order valence-corrected chi connectivity index (χ4v) is 1.86. The number of esters is 1. The number of aliphatic hydroxyl groups is 2. The van der Waals surface area contributed by atoms with E-state index in [2.05, 4.69) is 0 Å². The van der Waals surface area contributed by atoms with Gasteiger partial charge in [-0.3, -0.25) is 0 Å². The van der Waals surface area contributed by atoms with E-state index in [0.29, 0.717) is 0 Å². The summed E-state index contributed by atoms with van der Waals surface area (Å²) in [5, 5.41) is 18.3. The van der Waals surface area contributed by atoms with Crippen LogP contribution in [0.1, 0.15) is 23.8 Å². The third kappa shape index (κ3) is 5.22. The van der Waals surface area contributed by atoms with E-state index >= 15 is 0 Å². The number of methoxy groups -OCH3 is 1. The molecule has 0 bridgehead atoms. The summed E-state index contributed by atoms with van der Waals surface area (Å²) < 4.78 is 15.2. The Morgan fingerprint density at radius 2 is 2.00 bits per heavy atom. The summed E-state index contributed by atoms with van der Waals surface area (Å²) in [6, 6.07) is 0. The van der Waals surface area contributed by atoms with E-state index in [4.69, 9.17) is 19.0 Å². The summed E-state index contributed by atoms with van der Waals surface area (Å²) in [4.78, 5) is 23.6. The highest BCUT2D eigenvalue weighted by Gasteiger charge is 2.20. The van der Waals surface area contributed by atoms with Crippen molar-refractivity contribution in [3.8, 4) is 5.75 Å². The predicted octanol–water partition coefficient (Wildman–Crippen LogP) is 1.32. The zero-order valence-corrected chi connectivity index (χ0v) is 13.5. The van der Waals surface area contributed by atoms with Crippen molar-refractivity contribution in [2.24, 2.45) is 0 Å². The van der Waals surface area contributed by atoms with Crippen LogP contribution in [-0.4, -0.2) is 29.9 Å². The van der Waals surface area contributed by atoms with Crippen LogP contribution in [0.2, 0.25) is 0 Å². The molecule has 130 valence electrons. The maximum atomic E-state index is 12.1. The Labute approximate surface area is 139 Å². The van der Waals surface area contributed by atoms with Gasteiger partial charge < -0.3 is 24.1 Å². The van der Waals surface area contributed by atoms with Crippen molar-refractivity contribution in [1.29, 1.82) is 0 Å². The Hall–Kier alpha value is -2.64.